The largest absolute Gasteiger partial charge is 0.337 e. The van der Waals surface area contributed by atoms with Crippen LogP contribution < -0.4 is 5.32 Å². The summed E-state index contributed by atoms with van der Waals surface area (Å²) in [7, 11) is 0. The molecule has 5 rings (SSSR count). The lowest BCUT2D eigenvalue weighted by molar-refractivity contribution is -0.127. The fourth-order valence-electron chi connectivity index (χ4n) is 4.42. The van der Waals surface area contributed by atoms with E-state index in [4.69, 9.17) is 16.7 Å². The van der Waals surface area contributed by atoms with Crippen LogP contribution in [0.4, 0.5) is 10.2 Å². The minimum absolute atomic E-state index is 0.0490. The van der Waals surface area contributed by atoms with Gasteiger partial charge in [0.2, 0.25) is 5.91 Å². The normalized spacial score (nSPS) is 15.6. The highest BCUT2D eigenvalue weighted by atomic mass is 35.5. The Morgan fingerprint density at radius 3 is 2.67 bits per heavy atom. The molecule has 182 valence electrons. The predicted octanol–water partition coefficient (Wildman–Crippen LogP) is 4.89. The Balaban J connectivity index is 1.45. The summed E-state index contributed by atoms with van der Waals surface area (Å²) < 4.78 is 15.0. The molecule has 36 heavy (non-hydrogen) atoms. The molecule has 1 unspecified atom stereocenters. The molecule has 1 fully saturated rings. The Morgan fingerprint density at radius 2 is 1.94 bits per heavy atom. The molecule has 1 atom stereocenters. The second kappa shape index (κ2) is 9.87. The van der Waals surface area contributed by atoms with E-state index in [0.29, 0.717) is 29.4 Å². The summed E-state index contributed by atoms with van der Waals surface area (Å²) in [5.74, 6) is -0.692. The number of anilines is 1. The van der Waals surface area contributed by atoms with Crippen LogP contribution in [0.2, 0.25) is 5.02 Å². The fraction of sp³-hybridized carbons (Fsp3) is 0.192. The maximum atomic E-state index is 13.1. The van der Waals surface area contributed by atoms with E-state index in [9.17, 15) is 14.0 Å². The van der Waals surface area contributed by atoms with Gasteiger partial charge in [-0.15, -0.1) is 0 Å². The second-order valence-electron chi connectivity index (χ2n) is 8.49. The van der Waals surface area contributed by atoms with E-state index in [-0.39, 0.29) is 23.7 Å². The molecule has 0 aliphatic carbocycles. The number of nitrogens with one attached hydrogen (secondary N) is 1. The maximum Gasteiger partial charge on any atom is 0.256 e. The van der Waals surface area contributed by atoms with Crippen LogP contribution in [0.1, 0.15) is 29.2 Å². The van der Waals surface area contributed by atoms with E-state index in [1.54, 1.807) is 41.6 Å². The number of hydrogen-bond acceptors (Lipinski definition) is 5. The van der Waals surface area contributed by atoms with Crippen LogP contribution in [0, 0.1) is 5.82 Å². The molecule has 1 N–H and O–H groups in total. The van der Waals surface area contributed by atoms with Crippen LogP contribution in [-0.4, -0.2) is 49.6 Å². The zero-order valence-corrected chi connectivity index (χ0v) is 20.0. The summed E-state index contributed by atoms with van der Waals surface area (Å²) in [6.07, 6.45) is 7.37. The average Bonchev–Trinajstić information content (AvgIpc) is 3.31. The van der Waals surface area contributed by atoms with Crippen molar-refractivity contribution in [1.82, 2.24) is 24.6 Å². The van der Waals surface area contributed by atoms with Crippen LogP contribution in [0.25, 0.3) is 22.2 Å². The first-order valence-corrected chi connectivity index (χ1v) is 11.8. The van der Waals surface area contributed by atoms with E-state index >= 15 is 0 Å². The van der Waals surface area contributed by atoms with Crippen molar-refractivity contribution < 1.29 is 14.0 Å². The summed E-state index contributed by atoms with van der Waals surface area (Å²) in [4.78, 5) is 34.7. The number of aromatic nitrogens is 4. The molecule has 1 aromatic carbocycles. The highest BCUT2D eigenvalue weighted by molar-refractivity contribution is 6.35. The Hall–Kier alpha value is -4.11. The Morgan fingerprint density at radius 1 is 1.14 bits per heavy atom. The fourth-order valence-corrected chi connectivity index (χ4v) is 4.67. The van der Waals surface area contributed by atoms with Crippen LogP contribution in [-0.2, 0) is 4.79 Å². The van der Waals surface area contributed by atoms with E-state index in [0.717, 1.165) is 35.5 Å². The summed E-state index contributed by atoms with van der Waals surface area (Å²) in [6, 6.07) is 9.54. The lowest BCUT2D eigenvalue weighted by Crippen LogP contribution is -2.40. The van der Waals surface area contributed by atoms with Crippen LogP contribution >= 0.6 is 11.6 Å². The van der Waals surface area contributed by atoms with Crippen molar-refractivity contribution in [2.24, 2.45) is 0 Å². The Bertz CT molecular complexity index is 1450. The molecule has 0 saturated carbocycles. The summed E-state index contributed by atoms with van der Waals surface area (Å²) >= 11 is 6.56. The first-order chi connectivity index (χ1) is 17.4. The van der Waals surface area contributed by atoms with Gasteiger partial charge in [0.05, 0.1) is 22.8 Å². The zero-order chi connectivity index (χ0) is 25.2. The molecule has 8 nitrogen and oxygen atoms in total. The molecule has 4 heterocycles. The monoisotopic (exact) mass is 504 g/mol. The quantitative estimate of drug-likeness (QED) is 0.391. The lowest BCUT2D eigenvalue weighted by atomic mass is 10.1. The van der Waals surface area contributed by atoms with Gasteiger partial charge in [0, 0.05) is 42.0 Å². The third kappa shape index (κ3) is 4.57. The number of hydrogen-bond donors (Lipinski definition) is 1. The molecule has 0 spiro atoms. The number of nitrogens with zero attached hydrogens (tertiary/aromatic N) is 5. The van der Waals surface area contributed by atoms with Crippen molar-refractivity contribution >= 4 is 40.1 Å². The molecule has 4 aromatic rings. The van der Waals surface area contributed by atoms with Gasteiger partial charge in [-0.25, -0.2) is 9.37 Å². The predicted molar refractivity (Wildman–Crippen MR) is 135 cm³/mol. The van der Waals surface area contributed by atoms with Gasteiger partial charge in [-0.05, 0) is 43.2 Å². The van der Waals surface area contributed by atoms with Gasteiger partial charge < -0.3 is 10.2 Å². The van der Waals surface area contributed by atoms with Gasteiger partial charge in [-0.3, -0.25) is 19.3 Å². The Kier molecular flexibility index (Phi) is 6.47. The first kappa shape index (κ1) is 23.6. The van der Waals surface area contributed by atoms with E-state index in [1.165, 1.54) is 18.2 Å². The number of amides is 2. The van der Waals surface area contributed by atoms with Gasteiger partial charge in [-0.2, -0.15) is 5.10 Å². The van der Waals surface area contributed by atoms with Gasteiger partial charge >= 0.3 is 0 Å². The van der Waals surface area contributed by atoms with Gasteiger partial charge in [0.25, 0.3) is 5.91 Å². The molecule has 2 amide bonds. The van der Waals surface area contributed by atoms with Crippen molar-refractivity contribution in [2.75, 3.05) is 18.4 Å². The smallest absolute Gasteiger partial charge is 0.256 e. The SMILES string of the molecule is C=CC(=O)N1CCCC(n2nc(-c3ccc(C(=O)Nc4ccc(F)cn4)cc3)c3cncc(Cl)c32)C1. The number of carbonyl (C=O) groups is 2. The van der Waals surface area contributed by atoms with Crippen molar-refractivity contribution in [2.45, 2.75) is 18.9 Å². The third-order valence-electron chi connectivity index (χ3n) is 6.18. The minimum Gasteiger partial charge on any atom is -0.337 e. The van der Waals surface area contributed by atoms with Gasteiger partial charge in [0.15, 0.2) is 0 Å². The van der Waals surface area contributed by atoms with Crippen LogP contribution in [0.15, 0.2) is 67.6 Å². The molecule has 0 bridgehead atoms. The summed E-state index contributed by atoms with van der Waals surface area (Å²) in [5.41, 5.74) is 2.63. The highest BCUT2D eigenvalue weighted by Crippen LogP contribution is 2.35. The number of piperidine rings is 1. The number of carbonyl (C=O) groups excluding carboxylic acids is 2. The standard InChI is InChI=1S/C26H22ClFN6O2/c1-2-23(35)33-11-3-4-19(15-33)34-25-20(13-29-14-21(25)27)24(32-34)16-5-7-17(8-6-16)26(36)31-22-10-9-18(28)12-30-22/h2,5-10,12-14,19H,1,3-4,11,15H2,(H,30,31,36). The number of fused-ring (bicyclic) bond motifs is 1. The number of likely N-dealkylation sites (tertiary alicyclic amines) is 1. The molecule has 3 aromatic heterocycles. The van der Waals surface area contributed by atoms with Crippen molar-refractivity contribution in [1.29, 1.82) is 0 Å². The third-order valence-corrected chi connectivity index (χ3v) is 6.46. The van der Waals surface area contributed by atoms with E-state index in [1.807, 2.05) is 4.68 Å². The molecule has 10 heteroatoms. The summed E-state index contributed by atoms with van der Waals surface area (Å²) in [6.45, 7) is 4.79. The molecule has 1 aliphatic rings. The van der Waals surface area contributed by atoms with Crippen molar-refractivity contribution in [3.63, 3.8) is 0 Å². The topological polar surface area (TPSA) is 93.0 Å². The molecular formula is C26H22ClFN6O2. The second-order valence-corrected chi connectivity index (χ2v) is 8.90. The molecule has 1 saturated heterocycles. The first-order valence-electron chi connectivity index (χ1n) is 11.4. The van der Waals surface area contributed by atoms with Crippen LogP contribution in [0.3, 0.4) is 0 Å². The van der Waals surface area contributed by atoms with Gasteiger partial charge in [-0.1, -0.05) is 30.3 Å². The molecule has 1 aliphatic heterocycles. The number of pyridine rings is 2. The Labute approximate surface area is 211 Å². The lowest BCUT2D eigenvalue weighted by Gasteiger charge is -2.32. The average molecular weight is 505 g/mol. The van der Waals surface area contributed by atoms with Crippen molar-refractivity contribution in [3.8, 4) is 11.3 Å². The van der Waals surface area contributed by atoms with E-state index in [2.05, 4.69) is 21.9 Å². The number of rotatable bonds is 5. The molecular weight excluding hydrogens is 483 g/mol. The zero-order valence-electron chi connectivity index (χ0n) is 19.2. The molecule has 0 radical (unpaired) electrons. The number of halogens is 2. The van der Waals surface area contributed by atoms with Gasteiger partial charge in [0.1, 0.15) is 17.3 Å². The maximum absolute atomic E-state index is 13.1. The van der Waals surface area contributed by atoms with E-state index < -0.39 is 5.82 Å². The number of benzene rings is 1. The van der Waals surface area contributed by atoms with Crippen molar-refractivity contribution in [3.05, 3.63) is 84.0 Å². The van der Waals surface area contributed by atoms with Crippen LogP contribution in [0.5, 0.6) is 0 Å². The highest BCUT2D eigenvalue weighted by Gasteiger charge is 2.27. The minimum atomic E-state index is -0.480. The summed E-state index contributed by atoms with van der Waals surface area (Å²) in [5, 5.41) is 8.79.